The van der Waals surface area contributed by atoms with E-state index in [1.54, 1.807) is 0 Å². The number of aromatic nitrogens is 2. The molecular weight excluding hydrogens is 190 g/mol. The van der Waals surface area contributed by atoms with E-state index in [0.717, 1.165) is 25.2 Å². The van der Waals surface area contributed by atoms with Crippen LogP contribution in [0.25, 0.3) is 0 Å². The van der Waals surface area contributed by atoms with E-state index in [1.165, 1.54) is 12.8 Å². The molecule has 1 aromatic rings. The van der Waals surface area contributed by atoms with Crippen LogP contribution in [0.15, 0.2) is 4.52 Å². The Kier molecular flexibility index (Phi) is 2.78. The molecule has 1 saturated carbocycles. The Balaban J connectivity index is 2.19. The van der Waals surface area contributed by atoms with Crippen molar-refractivity contribution in [2.45, 2.75) is 57.4 Å². The van der Waals surface area contributed by atoms with Gasteiger partial charge in [0.1, 0.15) is 0 Å². The maximum Gasteiger partial charge on any atom is 0.232 e. The average molecular weight is 209 g/mol. The predicted molar refractivity (Wildman–Crippen MR) is 57.3 cm³/mol. The molecule has 0 spiro atoms. The Labute approximate surface area is 90.2 Å². The van der Waals surface area contributed by atoms with E-state index >= 15 is 0 Å². The third-order valence-corrected chi connectivity index (χ3v) is 3.44. The van der Waals surface area contributed by atoms with E-state index in [4.69, 9.17) is 10.3 Å². The van der Waals surface area contributed by atoms with Gasteiger partial charge in [0.05, 0.1) is 6.04 Å². The molecule has 1 atom stereocenters. The largest absolute Gasteiger partial charge is 0.339 e. The normalized spacial score (nSPS) is 21.8. The fourth-order valence-electron chi connectivity index (χ4n) is 2.18. The molecule has 0 aliphatic heterocycles. The molecule has 1 heterocycles. The first-order valence-corrected chi connectivity index (χ1v) is 5.75. The monoisotopic (exact) mass is 209 g/mol. The van der Waals surface area contributed by atoms with Gasteiger partial charge in [-0.15, -0.1) is 0 Å². The van der Waals surface area contributed by atoms with Crippen molar-refractivity contribution in [1.82, 2.24) is 10.1 Å². The Bertz CT molecular complexity index is 328. The van der Waals surface area contributed by atoms with Crippen LogP contribution in [0.3, 0.4) is 0 Å². The van der Waals surface area contributed by atoms with Crippen molar-refractivity contribution in [2.24, 2.45) is 5.73 Å². The molecule has 1 unspecified atom stereocenters. The van der Waals surface area contributed by atoms with Crippen LogP contribution in [0.4, 0.5) is 0 Å². The lowest BCUT2D eigenvalue weighted by atomic mass is 9.89. The van der Waals surface area contributed by atoms with Crippen molar-refractivity contribution < 1.29 is 4.52 Å². The highest BCUT2D eigenvalue weighted by atomic mass is 16.5. The predicted octanol–water partition coefficient (Wildman–Crippen LogP) is 2.31. The standard InChI is InChI=1S/C11H19N3O/c1-3-8(12)9-13-10(15-14-9)11(2)6-4-5-7-11/h8H,3-7,12H2,1-2H3. The molecule has 0 aromatic carbocycles. The smallest absolute Gasteiger partial charge is 0.232 e. The number of hydrogen-bond donors (Lipinski definition) is 1. The zero-order valence-electron chi connectivity index (χ0n) is 9.49. The van der Waals surface area contributed by atoms with Gasteiger partial charge in [0.2, 0.25) is 5.89 Å². The van der Waals surface area contributed by atoms with Crippen LogP contribution < -0.4 is 5.73 Å². The number of hydrogen-bond acceptors (Lipinski definition) is 4. The van der Waals surface area contributed by atoms with Crippen LogP contribution in [0.2, 0.25) is 0 Å². The molecule has 0 saturated heterocycles. The summed E-state index contributed by atoms with van der Waals surface area (Å²) >= 11 is 0. The van der Waals surface area contributed by atoms with E-state index in [-0.39, 0.29) is 11.5 Å². The highest BCUT2D eigenvalue weighted by molar-refractivity contribution is 5.06. The maximum absolute atomic E-state index is 5.86. The van der Waals surface area contributed by atoms with Gasteiger partial charge in [-0.05, 0) is 19.3 Å². The second-order valence-corrected chi connectivity index (χ2v) is 4.74. The quantitative estimate of drug-likeness (QED) is 0.829. The van der Waals surface area contributed by atoms with E-state index in [0.29, 0.717) is 5.82 Å². The third-order valence-electron chi connectivity index (χ3n) is 3.44. The van der Waals surface area contributed by atoms with E-state index in [9.17, 15) is 0 Å². The second-order valence-electron chi connectivity index (χ2n) is 4.74. The summed E-state index contributed by atoms with van der Waals surface area (Å²) in [4.78, 5) is 4.43. The summed E-state index contributed by atoms with van der Waals surface area (Å²) in [5.41, 5.74) is 5.96. The van der Waals surface area contributed by atoms with Gasteiger partial charge >= 0.3 is 0 Å². The zero-order valence-corrected chi connectivity index (χ0v) is 9.49. The third kappa shape index (κ3) is 1.91. The molecule has 84 valence electrons. The molecule has 1 aliphatic carbocycles. The lowest BCUT2D eigenvalue weighted by Gasteiger charge is -2.16. The van der Waals surface area contributed by atoms with Crippen LogP contribution in [-0.2, 0) is 5.41 Å². The van der Waals surface area contributed by atoms with Crippen LogP contribution in [0, 0.1) is 0 Å². The molecule has 0 amide bonds. The average Bonchev–Trinajstić information content (AvgIpc) is 2.85. The van der Waals surface area contributed by atoms with Gasteiger partial charge in [0.15, 0.2) is 5.82 Å². The van der Waals surface area contributed by atoms with Gasteiger partial charge < -0.3 is 10.3 Å². The zero-order chi connectivity index (χ0) is 10.9. The minimum Gasteiger partial charge on any atom is -0.339 e. The fourth-order valence-corrected chi connectivity index (χ4v) is 2.18. The molecule has 2 N–H and O–H groups in total. The summed E-state index contributed by atoms with van der Waals surface area (Å²) in [5.74, 6) is 1.43. The van der Waals surface area contributed by atoms with Gasteiger partial charge in [-0.2, -0.15) is 4.98 Å². The number of nitrogens with zero attached hydrogens (tertiary/aromatic N) is 2. The van der Waals surface area contributed by atoms with Crippen molar-refractivity contribution in [3.8, 4) is 0 Å². The number of rotatable bonds is 3. The summed E-state index contributed by atoms with van der Waals surface area (Å²) in [7, 11) is 0. The van der Waals surface area contributed by atoms with Gasteiger partial charge in [0.25, 0.3) is 0 Å². The summed E-state index contributed by atoms with van der Waals surface area (Å²) in [5, 5.41) is 3.97. The highest BCUT2D eigenvalue weighted by Crippen LogP contribution is 2.39. The van der Waals surface area contributed by atoms with Crippen molar-refractivity contribution in [2.75, 3.05) is 0 Å². The lowest BCUT2D eigenvalue weighted by molar-refractivity contribution is 0.293. The summed E-state index contributed by atoms with van der Waals surface area (Å²) in [6.07, 6.45) is 5.66. The Morgan fingerprint density at radius 1 is 1.47 bits per heavy atom. The first kappa shape index (κ1) is 10.6. The van der Waals surface area contributed by atoms with Crippen LogP contribution >= 0.6 is 0 Å². The first-order valence-electron chi connectivity index (χ1n) is 5.75. The minimum absolute atomic E-state index is 0.0903. The minimum atomic E-state index is -0.0903. The van der Waals surface area contributed by atoms with Gasteiger partial charge in [0, 0.05) is 5.41 Å². The number of nitrogens with two attached hydrogens (primary N) is 1. The fraction of sp³-hybridized carbons (Fsp3) is 0.818. The van der Waals surface area contributed by atoms with Crippen molar-refractivity contribution in [3.63, 3.8) is 0 Å². The van der Waals surface area contributed by atoms with Crippen molar-refractivity contribution in [3.05, 3.63) is 11.7 Å². The molecule has 1 aliphatic rings. The molecule has 4 nitrogen and oxygen atoms in total. The lowest BCUT2D eigenvalue weighted by Crippen LogP contribution is -2.18. The molecule has 0 bridgehead atoms. The SMILES string of the molecule is CCC(N)c1noc(C2(C)CCCC2)n1. The molecule has 0 radical (unpaired) electrons. The van der Waals surface area contributed by atoms with Gasteiger partial charge in [-0.3, -0.25) is 0 Å². The molecule has 2 rings (SSSR count). The molecule has 4 heteroatoms. The summed E-state index contributed by atoms with van der Waals surface area (Å²) in [6, 6.07) is -0.0903. The van der Waals surface area contributed by atoms with Crippen LogP contribution in [0.5, 0.6) is 0 Å². The van der Waals surface area contributed by atoms with Crippen LogP contribution in [-0.4, -0.2) is 10.1 Å². The molecule has 15 heavy (non-hydrogen) atoms. The second kappa shape index (κ2) is 3.93. The van der Waals surface area contributed by atoms with Crippen molar-refractivity contribution >= 4 is 0 Å². The van der Waals surface area contributed by atoms with Crippen molar-refractivity contribution in [1.29, 1.82) is 0 Å². The van der Waals surface area contributed by atoms with Gasteiger partial charge in [-0.25, -0.2) is 0 Å². The van der Waals surface area contributed by atoms with Crippen LogP contribution in [0.1, 0.15) is 63.7 Å². The molecule has 1 aromatic heterocycles. The Hall–Kier alpha value is -0.900. The summed E-state index contributed by atoms with van der Waals surface area (Å²) < 4.78 is 5.33. The van der Waals surface area contributed by atoms with E-state index in [2.05, 4.69) is 17.1 Å². The topological polar surface area (TPSA) is 64.9 Å². The van der Waals surface area contributed by atoms with E-state index in [1.807, 2.05) is 6.92 Å². The van der Waals surface area contributed by atoms with E-state index < -0.39 is 0 Å². The first-order chi connectivity index (χ1) is 7.15. The van der Waals surface area contributed by atoms with Gasteiger partial charge in [-0.1, -0.05) is 31.8 Å². The maximum atomic E-state index is 5.86. The Morgan fingerprint density at radius 2 is 2.13 bits per heavy atom. The summed E-state index contributed by atoms with van der Waals surface area (Å²) in [6.45, 7) is 4.23. The highest BCUT2D eigenvalue weighted by Gasteiger charge is 2.36. The Morgan fingerprint density at radius 3 is 2.73 bits per heavy atom. The molecule has 1 fully saturated rings. The molecular formula is C11H19N3O.